The molecule has 0 aliphatic heterocycles. The first-order valence-corrected chi connectivity index (χ1v) is 11.2. The van der Waals surface area contributed by atoms with Crippen LogP contribution in [0.15, 0.2) is 36.4 Å². The van der Waals surface area contributed by atoms with Crippen molar-refractivity contribution in [1.82, 2.24) is 0 Å². The monoisotopic (exact) mass is 404 g/mol. The van der Waals surface area contributed by atoms with Crippen molar-refractivity contribution < 1.29 is 18.9 Å². The van der Waals surface area contributed by atoms with Crippen LogP contribution >= 0.6 is 0 Å². The molecule has 4 nitrogen and oxygen atoms in total. The minimum atomic E-state index is -0.471. The normalized spacial score (nSPS) is 40.3. The van der Waals surface area contributed by atoms with Gasteiger partial charge in [-0.25, -0.2) is 0 Å². The second kappa shape index (κ2) is 5.60. The van der Waals surface area contributed by atoms with Gasteiger partial charge in [0.05, 0.1) is 14.2 Å². The minimum Gasteiger partial charge on any atom is -0.496 e. The molecule has 0 radical (unpaired) electrons. The zero-order valence-corrected chi connectivity index (χ0v) is 17.9. The third kappa shape index (κ3) is 1.62. The Kier molecular flexibility index (Phi) is 3.29. The molecular weight excluding hydrogens is 376 g/mol. The summed E-state index contributed by atoms with van der Waals surface area (Å²) in [6, 6.07) is 8.52. The van der Waals surface area contributed by atoms with E-state index in [4.69, 9.17) is 18.9 Å². The Hall–Kier alpha value is -2.04. The smallest absolute Gasteiger partial charge is 0.180 e. The second-order valence-electron chi connectivity index (χ2n) is 9.78. The summed E-state index contributed by atoms with van der Waals surface area (Å²) in [4.78, 5) is 0. The van der Waals surface area contributed by atoms with Crippen molar-refractivity contribution in [3.05, 3.63) is 47.5 Å². The topological polar surface area (TPSA) is 36.9 Å². The third-order valence-electron chi connectivity index (χ3n) is 9.48. The average Bonchev–Trinajstić information content (AvgIpc) is 3.49. The van der Waals surface area contributed by atoms with Crippen LogP contribution in [-0.4, -0.2) is 34.2 Å². The molecule has 4 heteroatoms. The van der Waals surface area contributed by atoms with Crippen molar-refractivity contribution in [2.24, 2.45) is 35.5 Å². The lowest BCUT2D eigenvalue weighted by Crippen LogP contribution is -2.41. The van der Waals surface area contributed by atoms with E-state index in [1.54, 1.807) is 0 Å². The van der Waals surface area contributed by atoms with Crippen molar-refractivity contribution in [1.29, 1.82) is 0 Å². The highest BCUT2D eigenvalue weighted by molar-refractivity contribution is 5.98. The summed E-state index contributed by atoms with van der Waals surface area (Å²) in [6.45, 7) is 0. The predicted molar refractivity (Wildman–Crippen MR) is 114 cm³/mol. The summed E-state index contributed by atoms with van der Waals surface area (Å²) in [5.41, 5.74) is 2.83. The maximum absolute atomic E-state index is 6.08. The molecule has 5 aliphatic carbocycles. The first kappa shape index (κ1) is 17.6. The molecule has 0 spiro atoms. The molecule has 7 rings (SSSR count). The number of hydrogen-bond donors (Lipinski definition) is 0. The summed E-state index contributed by atoms with van der Waals surface area (Å²) in [6.07, 6.45) is 6.07. The number of hydrogen-bond acceptors (Lipinski definition) is 4. The summed E-state index contributed by atoms with van der Waals surface area (Å²) >= 11 is 0. The van der Waals surface area contributed by atoms with E-state index in [0.717, 1.165) is 11.5 Å². The van der Waals surface area contributed by atoms with Gasteiger partial charge in [0.2, 0.25) is 0 Å². The Morgan fingerprint density at radius 2 is 1.20 bits per heavy atom. The van der Waals surface area contributed by atoms with Gasteiger partial charge in [-0.15, -0.1) is 0 Å². The first-order valence-electron chi connectivity index (χ1n) is 11.2. The molecule has 0 heterocycles. The number of rotatable bonds is 4. The molecule has 8 atom stereocenters. The average molecular weight is 405 g/mol. The van der Waals surface area contributed by atoms with Gasteiger partial charge in [-0.1, -0.05) is 36.4 Å². The van der Waals surface area contributed by atoms with Crippen LogP contribution in [0.3, 0.4) is 0 Å². The minimum absolute atomic E-state index is 0.357. The zero-order valence-electron chi connectivity index (χ0n) is 17.9. The number of fused-ring (bicyclic) bond motifs is 16. The predicted octanol–water partition coefficient (Wildman–Crippen LogP) is 4.72. The molecule has 5 aliphatic rings. The molecule has 3 saturated carbocycles. The number of methoxy groups -OCH3 is 4. The maximum atomic E-state index is 6.08. The van der Waals surface area contributed by atoms with Crippen molar-refractivity contribution >= 4 is 10.8 Å². The second-order valence-corrected chi connectivity index (χ2v) is 9.78. The van der Waals surface area contributed by atoms with Crippen molar-refractivity contribution in [2.45, 2.75) is 24.0 Å². The highest BCUT2D eigenvalue weighted by atomic mass is 16.7. The van der Waals surface area contributed by atoms with Crippen LogP contribution in [0.1, 0.15) is 29.4 Å². The van der Waals surface area contributed by atoms with E-state index in [0.29, 0.717) is 47.3 Å². The fourth-order valence-electron chi connectivity index (χ4n) is 8.87. The Morgan fingerprint density at radius 1 is 0.733 bits per heavy atom. The lowest BCUT2D eigenvalue weighted by molar-refractivity contribution is -0.236. The third-order valence-corrected chi connectivity index (χ3v) is 9.48. The van der Waals surface area contributed by atoms with E-state index < -0.39 is 5.79 Å². The molecule has 0 amide bonds. The summed E-state index contributed by atoms with van der Waals surface area (Å²) < 4.78 is 24.3. The van der Waals surface area contributed by atoms with Crippen LogP contribution in [0.5, 0.6) is 11.5 Å². The summed E-state index contributed by atoms with van der Waals surface area (Å²) in [7, 11) is 7.28. The van der Waals surface area contributed by atoms with Gasteiger partial charge in [-0.3, -0.25) is 0 Å². The Balaban J connectivity index is 1.42. The van der Waals surface area contributed by atoms with Gasteiger partial charge in [-0.05, 0) is 41.9 Å². The maximum Gasteiger partial charge on any atom is 0.180 e. The molecule has 0 unspecified atom stereocenters. The van der Waals surface area contributed by atoms with Crippen LogP contribution in [-0.2, 0) is 9.47 Å². The van der Waals surface area contributed by atoms with E-state index in [9.17, 15) is 0 Å². The molecule has 2 aromatic carbocycles. The van der Waals surface area contributed by atoms with Gasteiger partial charge in [0.25, 0.3) is 0 Å². The number of ether oxygens (including phenoxy) is 4. The van der Waals surface area contributed by atoms with Crippen LogP contribution in [0.25, 0.3) is 10.8 Å². The van der Waals surface area contributed by atoms with Gasteiger partial charge < -0.3 is 18.9 Å². The van der Waals surface area contributed by atoms with E-state index in [1.165, 1.54) is 28.3 Å². The Bertz CT molecular complexity index is 1020. The molecule has 4 bridgehead atoms. The Morgan fingerprint density at radius 3 is 1.60 bits per heavy atom. The molecule has 0 saturated heterocycles. The summed E-state index contributed by atoms with van der Waals surface area (Å²) in [5, 5.41) is 2.34. The van der Waals surface area contributed by atoms with Crippen LogP contribution in [0, 0.1) is 35.5 Å². The van der Waals surface area contributed by atoms with Crippen molar-refractivity contribution in [3.63, 3.8) is 0 Å². The van der Waals surface area contributed by atoms with Crippen molar-refractivity contribution in [2.75, 3.05) is 28.4 Å². The fourth-order valence-corrected chi connectivity index (χ4v) is 8.87. The lowest BCUT2D eigenvalue weighted by atomic mass is 9.54. The quantitative estimate of drug-likeness (QED) is 0.320. The molecule has 156 valence electrons. The van der Waals surface area contributed by atoms with Gasteiger partial charge in [0.1, 0.15) is 11.5 Å². The van der Waals surface area contributed by atoms with Gasteiger partial charge in [-0.2, -0.15) is 0 Å². The van der Waals surface area contributed by atoms with Crippen LogP contribution in [0.2, 0.25) is 0 Å². The number of benzene rings is 2. The standard InChI is InChI=1S/C26H28O4/c1-27-24-12-7-5-6-8-13(12)25(28-2)23-21-15-11-14(20(21)22(23)24)18-16-9-10-17(19(15)18)26(16,29-3)30-4/h5-10,14-21H,11H2,1-4H3/t14-,15+,16+,17-,18-,19+,20-,21+. The zero-order chi connectivity index (χ0) is 20.4. The first-order chi connectivity index (χ1) is 14.7. The lowest BCUT2D eigenvalue weighted by Gasteiger charge is -2.50. The Labute approximate surface area is 177 Å². The molecule has 0 N–H and O–H groups in total. The van der Waals surface area contributed by atoms with E-state index in [-0.39, 0.29) is 0 Å². The largest absolute Gasteiger partial charge is 0.496 e. The van der Waals surface area contributed by atoms with Gasteiger partial charge in [0.15, 0.2) is 5.79 Å². The molecule has 30 heavy (non-hydrogen) atoms. The summed E-state index contributed by atoms with van der Waals surface area (Å²) in [5.74, 6) is 6.13. The molecule has 2 aromatic rings. The van der Waals surface area contributed by atoms with Crippen LogP contribution < -0.4 is 9.47 Å². The van der Waals surface area contributed by atoms with Crippen LogP contribution in [0.4, 0.5) is 0 Å². The highest BCUT2D eigenvalue weighted by Gasteiger charge is 2.75. The van der Waals surface area contributed by atoms with E-state index in [2.05, 4.69) is 36.4 Å². The SMILES string of the molecule is COc1c2c(c(OC)c3ccccc13)[C@H]1[C@H]3C[C@@H]([C@@H]21)[C@H]1[C@@H]3[C@H]2C=C[C@@H]1C2(OC)OC. The highest BCUT2D eigenvalue weighted by Crippen LogP contribution is 2.80. The van der Waals surface area contributed by atoms with Gasteiger partial charge in [0, 0.05) is 48.0 Å². The van der Waals surface area contributed by atoms with Crippen molar-refractivity contribution in [3.8, 4) is 11.5 Å². The molecular formula is C26H28O4. The fraction of sp³-hybridized carbons (Fsp3) is 0.538. The van der Waals surface area contributed by atoms with E-state index in [1.807, 2.05) is 28.4 Å². The molecule has 3 fully saturated rings. The van der Waals surface area contributed by atoms with Gasteiger partial charge >= 0.3 is 0 Å². The molecule has 0 aromatic heterocycles. The van der Waals surface area contributed by atoms with E-state index >= 15 is 0 Å².